The minimum absolute atomic E-state index is 0.0591. The molecule has 5 N–H and O–H groups in total. The van der Waals surface area contributed by atoms with Gasteiger partial charge >= 0.3 is 0 Å². The molecule has 1 aliphatic rings. The van der Waals surface area contributed by atoms with Gasteiger partial charge in [-0.15, -0.1) is 11.3 Å². The van der Waals surface area contributed by atoms with Crippen molar-refractivity contribution in [1.82, 2.24) is 19.9 Å². The molecule has 12 heteroatoms. The van der Waals surface area contributed by atoms with Gasteiger partial charge in [0.1, 0.15) is 16.3 Å². The number of nitrogens with two attached hydrogens (primary N) is 1. The predicted octanol–water partition coefficient (Wildman–Crippen LogP) is 3.12. The molecule has 0 radical (unpaired) electrons. The van der Waals surface area contributed by atoms with Crippen molar-refractivity contribution >= 4 is 68.7 Å². The summed E-state index contributed by atoms with van der Waals surface area (Å²) in [4.78, 5) is 43.4. The van der Waals surface area contributed by atoms with Gasteiger partial charge in [0.15, 0.2) is 0 Å². The topological polar surface area (TPSA) is 136 Å². The number of rotatable bonds is 8. The summed E-state index contributed by atoms with van der Waals surface area (Å²) in [5, 5.41) is 9.17. The molecule has 37 heavy (non-hydrogen) atoms. The molecule has 0 aliphatic carbocycles. The largest absolute Gasteiger partial charge is 0.376 e. The third-order valence-corrected chi connectivity index (χ3v) is 7.06. The number of H-pyrrole nitrogens is 1. The highest BCUT2D eigenvalue weighted by molar-refractivity contribution is 7.12. The Morgan fingerprint density at radius 3 is 2.68 bits per heavy atom. The number of hydrogen-bond donors (Lipinski definition) is 4. The molecule has 2 amide bonds. The maximum atomic E-state index is 12.9. The lowest BCUT2D eigenvalue weighted by molar-refractivity contribution is -0.119. The van der Waals surface area contributed by atoms with E-state index in [9.17, 15) is 9.59 Å². The summed E-state index contributed by atoms with van der Waals surface area (Å²) >= 11 is 1.27. The van der Waals surface area contributed by atoms with Gasteiger partial charge in [0.25, 0.3) is 5.91 Å². The van der Waals surface area contributed by atoms with E-state index in [0.717, 1.165) is 34.4 Å². The molecule has 0 saturated heterocycles. The van der Waals surface area contributed by atoms with Gasteiger partial charge in [-0.05, 0) is 55.7 Å². The third-order valence-electron chi connectivity index (χ3n) is 6.13. The molecular formula is C25H29N9O2S. The molecule has 192 valence electrons. The van der Waals surface area contributed by atoms with Crippen LogP contribution >= 0.6 is 11.3 Å². The maximum Gasteiger partial charge on any atom is 0.260 e. The van der Waals surface area contributed by atoms with Crippen molar-refractivity contribution in [3.63, 3.8) is 0 Å². The number of fused-ring (bicyclic) bond motifs is 2. The molecule has 0 unspecified atom stereocenters. The second-order valence-corrected chi connectivity index (χ2v) is 10.3. The first kappa shape index (κ1) is 24.5. The molecule has 0 spiro atoms. The van der Waals surface area contributed by atoms with Crippen molar-refractivity contribution < 1.29 is 9.59 Å². The summed E-state index contributed by atoms with van der Waals surface area (Å²) < 4.78 is 0. The summed E-state index contributed by atoms with van der Waals surface area (Å²) in [6.45, 7) is 0.995. The van der Waals surface area contributed by atoms with Crippen molar-refractivity contribution in [2.45, 2.75) is 6.42 Å². The second-order valence-electron chi connectivity index (χ2n) is 9.34. The van der Waals surface area contributed by atoms with E-state index in [1.54, 1.807) is 17.6 Å². The van der Waals surface area contributed by atoms with Crippen LogP contribution in [0.3, 0.4) is 0 Å². The fourth-order valence-corrected chi connectivity index (χ4v) is 5.15. The Morgan fingerprint density at radius 1 is 1.14 bits per heavy atom. The predicted molar refractivity (Wildman–Crippen MR) is 149 cm³/mol. The van der Waals surface area contributed by atoms with Crippen molar-refractivity contribution in [3.8, 4) is 0 Å². The number of aromatic nitrogens is 3. The molecule has 5 rings (SSSR count). The van der Waals surface area contributed by atoms with E-state index < -0.39 is 5.91 Å². The number of carbonyl (C=O) groups is 2. The number of amides is 2. The maximum absolute atomic E-state index is 12.9. The standard InChI is InChI=1S/C25H29N9O2S/c1-32(2)13-20(35)34-9-6-14-11-19(33(3)4)17(12-18(14)34)29-25-30-23-15(5-8-27-23)24(31-25)28-16-7-10-37-21(16)22(26)36/h5,7-8,10-12H,6,9,13H2,1-4H3,(H2,26,36)(H3,27,28,29,30,31). The van der Waals surface area contributed by atoms with Gasteiger partial charge in [-0.1, -0.05) is 0 Å². The van der Waals surface area contributed by atoms with E-state index in [4.69, 9.17) is 10.7 Å². The van der Waals surface area contributed by atoms with E-state index in [1.165, 1.54) is 11.3 Å². The summed E-state index contributed by atoms with van der Waals surface area (Å²) in [5.74, 6) is 0.451. The van der Waals surface area contributed by atoms with Gasteiger partial charge in [-0.2, -0.15) is 9.97 Å². The Balaban J connectivity index is 1.53. The van der Waals surface area contributed by atoms with Gasteiger partial charge in [0.05, 0.1) is 29.0 Å². The van der Waals surface area contributed by atoms with Crippen molar-refractivity contribution in [3.05, 3.63) is 46.3 Å². The van der Waals surface area contributed by atoms with E-state index in [0.29, 0.717) is 41.1 Å². The molecule has 11 nitrogen and oxygen atoms in total. The summed E-state index contributed by atoms with van der Waals surface area (Å²) in [6, 6.07) is 7.76. The molecule has 0 fully saturated rings. The van der Waals surface area contributed by atoms with E-state index in [-0.39, 0.29) is 5.91 Å². The monoisotopic (exact) mass is 519 g/mol. The first-order valence-electron chi connectivity index (χ1n) is 11.8. The molecule has 0 saturated carbocycles. The van der Waals surface area contributed by atoms with E-state index in [1.807, 2.05) is 55.0 Å². The first-order chi connectivity index (χ1) is 17.7. The number of benzene rings is 1. The quantitative estimate of drug-likeness (QED) is 0.279. The normalized spacial score (nSPS) is 12.7. The van der Waals surface area contributed by atoms with E-state index >= 15 is 0 Å². The number of aromatic amines is 1. The highest BCUT2D eigenvalue weighted by atomic mass is 32.1. The average molecular weight is 520 g/mol. The molecule has 4 aromatic rings. The summed E-state index contributed by atoms with van der Waals surface area (Å²) in [6.07, 6.45) is 2.59. The first-order valence-corrected chi connectivity index (χ1v) is 12.6. The lowest BCUT2D eigenvalue weighted by atomic mass is 10.1. The lowest BCUT2D eigenvalue weighted by Gasteiger charge is -2.23. The number of likely N-dealkylation sites (N-methyl/N-ethyl adjacent to an activating group) is 1. The zero-order valence-corrected chi connectivity index (χ0v) is 21.9. The zero-order valence-electron chi connectivity index (χ0n) is 21.1. The number of anilines is 6. The number of thiophene rings is 1. The molecular weight excluding hydrogens is 490 g/mol. The molecule has 0 bridgehead atoms. The van der Waals surface area contributed by atoms with Gasteiger partial charge in [-0.25, -0.2) is 0 Å². The van der Waals surface area contributed by atoms with Crippen LogP contribution in [0.4, 0.5) is 34.5 Å². The van der Waals surface area contributed by atoms with Crippen LogP contribution < -0.4 is 26.2 Å². The van der Waals surface area contributed by atoms with Crippen molar-refractivity contribution in [1.29, 1.82) is 0 Å². The number of hydrogen-bond acceptors (Lipinski definition) is 9. The van der Waals surface area contributed by atoms with Crippen molar-refractivity contribution in [2.75, 3.05) is 61.7 Å². The number of primary amides is 1. The highest BCUT2D eigenvalue weighted by Crippen LogP contribution is 2.39. The third kappa shape index (κ3) is 4.80. The molecule has 3 aromatic heterocycles. The summed E-state index contributed by atoms with van der Waals surface area (Å²) in [7, 11) is 7.72. The van der Waals surface area contributed by atoms with Crippen LogP contribution in [0.5, 0.6) is 0 Å². The highest BCUT2D eigenvalue weighted by Gasteiger charge is 2.27. The Kier molecular flexibility index (Phi) is 6.44. The number of nitrogens with one attached hydrogen (secondary N) is 3. The van der Waals surface area contributed by atoms with E-state index in [2.05, 4.69) is 26.7 Å². The minimum atomic E-state index is -0.502. The Bertz CT molecular complexity index is 1490. The fraction of sp³-hybridized carbons (Fsp3) is 0.280. The summed E-state index contributed by atoms with van der Waals surface area (Å²) in [5.41, 5.74) is 10.5. The average Bonchev–Trinajstić information content (AvgIpc) is 3.57. The van der Waals surface area contributed by atoms with Crippen molar-refractivity contribution in [2.24, 2.45) is 5.73 Å². The van der Waals surface area contributed by atoms with Crippen LogP contribution in [0.15, 0.2) is 35.8 Å². The van der Waals surface area contributed by atoms with Crippen LogP contribution in [0, 0.1) is 0 Å². The van der Waals surface area contributed by atoms with Crippen LogP contribution in [-0.2, 0) is 11.2 Å². The SMILES string of the molecule is CN(C)CC(=O)N1CCc2cc(N(C)C)c(Nc3nc(Nc4ccsc4C(N)=O)c4cc[nH]c4n3)cc21. The lowest BCUT2D eigenvalue weighted by Crippen LogP contribution is -2.36. The van der Waals surface area contributed by atoms with Gasteiger partial charge in [0, 0.05) is 32.5 Å². The van der Waals surface area contributed by atoms with Crippen LogP contribution in [-0.4, -0.2) is 72.9 Å². The Hall–Kier alpha value is -4.16. The molecule has 4 heterocycles. The number of nitrogens with zero attached hydrogens (tertiary/aromatic N) is 5. The van der Waals surface area contributed by atoms with Crippen LogP contribution in [0.2, 0.25) is 0 Å². The van der Waals surface area contributed by atoms with Gasteiger partial charge in [-0.3, -0.25) is 9.59 Å². The fourth-order valence-electron chi connectivity index (χ4n) is 4.45. The Labute approximate surface area is 218 Å². The number of carbonyl (C=O) groups excluding carboxylic acids is 2. The molecule has 1 aliphatic heterocycles. The molecule has 0 atom stereocenters. The second kappa shape index (κ2) is 9.71. The van der Waals surface area contributed by atoms with Crippen LogP contribution in [0.1, 0.15) is 15.2 Å². The molecule has 1 aromatic carbocycles. The smallest absolute Gasteiger partial charge is 0.260 e. The van der Waals surface area contributed by atoms with Crippen LogP contribution in [0.25, 0.3) is 11.0 Å². The van der Waals surface area contributed by atoms with Gasteiger partial charge < -0.3 is 36.1 Å². The van der Waals surface area contributed by atoms with Gasteiger partial charge in [0.2, 0.25) is 11.9 Å². The Morgan fingerprint density at radius 2 is 1.95 bits per heavy atom. The zero-order chi connectivity index (χ0) is 26.3. The minimum Gasteiger partial charge on any atom is -0.376 e.